The molecule has 3 nitrogen and oxygen atoms in total. The lowest BCUT2D eigenvalue weighted by atomic mass is 9.73. The highest BCUT2D eigenvalue weighted by molar-refractivity contribution is 8.00. The minimum atomic E-state index is -0.539. The van der Waals surface area contributed by atoms with Gasteiger partial charge in [0.1, 0.15) is 12.6 Å². The standard InChI is InChI=1S/C20H29NO2S/c1-19(2)10-16-9-15(19)11-20(16,3)24-13-17(21)18(22)23-12-14-7-5-4-6-8-14/h4-8,15-17H,9-13,21H2,1-3H3/t15?,16?,17-,20?/m0/s1. The van der Waals surface area contributed by atoms with Crippen LogP contribution in [0.15, 0.2) is 30.3 Å². The van der Waals surface area contributed by atoms with Gasteiger partial charge < -0.3 is 10.5 Å². The smallest absolute Gasteiger partial charge is 0.324 e. The molecule has 0 saturated heterocycles. The number of nitrogens with two attached hydrogens (primary N) is 1. The first-order chi connectivity index (χ1) is 11.3. The topological polar surface area (TPSA) is 52.3 Å². The largest absolute Gasteiger partial charge is 0.460 e. The van der Waals surface area contributed by atoms with E-state index in [9.17, 15) is 4.79 Å². The molecule has 2 bridgehead atoms. The Hall–Kier alpha value is -1.00. The number of benzene rings is 1. The Morgan fingerprint density at radius 1 is 1.25 bits per heavy atom. The zero-order valence-corrected chi connectivity index (χ0v) is 15.8. The van der Waals surface area contributed by atoms with Gasteiger partial charge >= 0.3 is 5.97 Å². The molecular formula is C20H29NO2S. The third-order valence-electron chi connectivity index (χ3n) is 6.08. The summed E-state index contributed by atoms with van der Waals surface area (Å²) in [5, 5.41) is 0. The van der Waals surface area contributed by atoms with Crippen molar-refractivity contribution >= 4 is 17.7 Å². The lowest BCUT2D eigenvalue weighted by Gasteiger charge is -2.40. The molecule has 2 aliphatic carbocycles. The van der Waals surface area contributed by atoms with E-state index in [0.717, 1.165) is 17.4 Å². The molecule has 2 fully saturated rings. The van der Waals surface area contributed by atoms with E-state index in [4.69, 9.17) is 10.5 Å². The summed E-state index contributed by atoms with van der Waals surface area (Å²) in [6.45, 7) is 7.46. The Morgan fingerprint density at radius 3 is 2.54 bits per heavy atom. The van der Waals surface area contributed by atoms with Gasteiger partial charge in [0.2, 0.25) is 0 Å². The van der Waals surface area contributed by atoms with Gasteiger partial charge in [-0.05, 0) is 42.1 Å². The second kappa shape index (κ2) is 6.72. The number of hydrogen-bond acceptors (Lipinski definition) is 4. The predicted molar refractivity (Wildman–Crippen MR) is 99.7 cm³/mol. The maximum atomic E-state index is 12.1. The zero-order chi connectivity index (χ0) is 17.4. The van der Waals surface area contributed by atoms with Gasteiger partial charge in [-0.2, -0.15) is 11.8 Å². The quantitative estimate of drug-likeness (QED) is 0.790. The Kier molecular flexibility index (Phi) is 4.99. The van der Waals surface area contributed by atoms with Crippen molar-refractivity contribution in [3.8, 4) is 0 Å². The molecule has 2 saturated carbocycles. The van der Waals surface area contributed by atoms with Crippen molar-refractivity contribution in [2.24, 2.45) is 23.0 Å². The molecule has 0 aromatic heterocycles. The van der Waals surface area contributed by atoms with E-state index in [2.05, 4.69) is 20.8 Å². The van der Waals surface area contributed by atoms with Crippen molar-refractivity contribution < 1.29 is 9.53 Å². The fourth-order valence-corrected chi connectivity index (χ4v) is 5.82. The summed E-state index contributed by atoms with van der Waals surface area (Å²) in [6.07, 6.45) is 3.89. The van der Waals surface area contributed by atoms with Crippen molar-refractivity contribution in [1.82, 2.24) is 0 Å². The molecule has 0 amide bonds. The Labute approximate surface area is 149 Å². The highest BCUT2D eigenvalue weighted by Crippen LogP contribution is 2.63. The van der Waals surface area contributed by atoms with Crippen molar-refractivity contribution in [2.45, 2.75) is 57.4 Å². The van der Waals surface area contributed by atoms with E-state index in [1.807, 2.05) is 42.1 Å². The number of hydrogen-bond donors (Lipinski definition) is 1. The van der Waals surface area contributed by atoms with Crippen LogP contribution in [0.1, 0.15) is 45.6 Å². The molecule has 24 heavy (non-hydrogen) atoms. The van der Waals surface area contributed by atoms with Gasteiger partial charge in [-0.25, -0.2) is 0 Å². The van der Waals surface area contributed by atoms with Crippen LogP contribution in [0.5, 0.6) is 0 Å². The maximum Gasteiger partial charge on any atom is 0.324 e. The van der Waals surface area contributed by atoms with Gasteiger partial charge in [0.25, 0.3) is 0 Å². The summed E-state index contributed by atoms with van der Waals surface area (Å²) < 4.78 is 5.63. The minimum Gasteiger partial charge on any atom is -0.460 e. The normalized spacial score (nSPS) is 31.8. The monoisotopic (exact) mass is 347 g/mol. The first-order valence-corrected chi connectivity index (χ1v) is 9.89. The second-order valence-electron chi connectivity index (χ2n) is 8.35. The number of ether oxygens (including phenoxy) is 1. The summed E-state index contributed by atoms with van der Waals surface area (Å²) >= 11 is 1.88. The highest BCUT2D eigenvalue weighted by Gasteiger charge is 2.55. The van der Waals surface area contributed by atoms with Gasteiger partial charge in [0, 0.05) is 10.5 Å². The molecule has 4 heteroatoms. The summed E-state index contributed by atoms with van der Waals surface area (Å²) in [4.78, 5) is 12.1. The molecule has 2 aliphatic rings. The van der Waals surface area contributed by atoms with Crippen LogP contribution >= 0.6 is 11.8 Å². The van der Waals surface area contributed by atoms with E-state index in [0.29, 0.717) is 17.8 Å². The van der Waals surface area contributed by atoms with Crippen molar-refractivity contribution in [2.75, 3.05) is 5.75 Å². The molecule has 3 unspecified atom stereocenters. The third kappa shape index (κ3) is 3.65. The molecular weight excluding hydrogens is 318 g/mol. The van der Waals surface area contributed by atoms with Gasteiger partial charge in [0.05, 0.1) is 0 Å². The van der Waals surface area contributed by atoms with Gasteiger partial charge in [-0.15, -0.1) is 0 Å². The average Bonchev–Trinajstić information content (AvgIpc) is 3.03. The summed E-state index contributed by atoms with van der Waals surface area (Å²) in [7, 11) is 0. The summed E-state index contributed by atoms with van der Waals surface area (Å²) in [6, 6.07) is 9.19. The van der Waals surface area contributed by atoms with Gasteiger partial charge in [-0.3, -0.25) is 4.79 Å². The SMILES string of the molecule is CC1(C)CC2CC1CC2(C)SC[C@H](N)C(=O)OCc1ccccc1. The van der Waals surface area contributed by atoms with Gasteiger partial charge in [-0.1, -0.05) is 51.1 Å². The highest BCUT2D eigenvalue weighted by atomic mass is 32.2. The van der Waals surface area contributed by atoms with Crippen LogP contribution in [0.4, 0.5) is 0 Å². The fraction of sp³-hybridized carbons (Fsp3) is 0.650. The van der Waals surface area contributed by atoms with Crippen molar-refractivity contribution in [3.05, 3.63) is 35.9 Å². The summed E-state index contributed by atoms with van der Waals surface area (Å²) in [5.74, 6) is 1.93. The Bertz CT molecular complexity index is 589. The predicted octanol–water partition coefficient (Wildman–Crippen LogP) is 4.01. The molecule has 4 atom stereocenters. The lowest BCUT2D eigenvalue weighted by Crippen LogP contribution is -2.39. The number of rotatable bonds is 6. The molecule has 0 radical (unpaired) electrons. The van der Waals surface area contributed by atoms with Crippen LogP contribution in [-0.2, 0) is 16.1 Å². The molecule has 2 N–H and O–H groups in total. The van der Waals surface area contributed by atoms with E-state index in [1.165, 1.54) is 19.3 Å². The summed E-state index contributed by atoms with van der Waals surface area (Å²) in [5.41, 5.74) is 7.56. The van der Waals surface area contributed by atoms with Crippen molar-refractivity contribution in [1.29, 1.82) is 0 Å². The zero-order valence-electron chi connectivity index (χ0n) is 15.0. The molecule has 132 valence electrons. The molecule has 0 heterocycles. The maximum absolute atomic E-state index is 12.1. The fourth-order valence-electron chi connectivity index (χ4n) is 4.39. The Morgan fingerprint density at radius 2 is 1.96 bits per heavy atom. The first kappa shape index (κ1) is 17.8. The average molecular weight is 348 g/mol. The number of fused-ring (bicyclic) bond motifs is 2. The van der Waals surface area contributed by atoms with Crippen LogP contribution < -0.4 is 5.73 Å². The third-order valence-corrected chi connectivity index (χ3v) is 7.77. The van der Waals surface area contributed by atoms with Gasteiger partial charge in [0.15, 0.2) is 0 Å². The number of carbonyl (C=O) groups excluding carboxylic acids is 1. The van der Waals surface area contributed by atoms with E-state index in [1.54, 1.807) is 0 Å². The van der Waals surface area contributed by atoms with E-state index < -0.39 is 6.04 Å². The molecule has 0 aliphatic heterocycles. The molecule has 1 aromatic carbocycles. The lowest BCUT2D eigenvalue weighted by molar-refractivity contribution is -0.145. The van der Waals surface area contributed by atoms with Crippen LogP contribution in [0.25, 0.3) is 0 Å². The van der Waals surface area contributed by atoms with E-state index >= 15 is 0 Å². The minimum absolute atomic E-state index is 0.275. The first-order valence-electron chi connectivity index (χ1n) is 8.90. The number of thioether (sulfide) groups is 1. The van der Waals surface area contributed by atoms with Crippen molar-refractivity contribution in [3.63, 3.8) is 0 Å². The van der Waals surface area contributed by atoms with Crippen LogP contribution in [0, 0.1) is 17.3 Å². The van der Waals surface area contributed by atoms with Crippen LogP contribution in [0.3, 0.4) is 0 Å². The molecule has 0 spiro atoms. The van der Waals surface area contributed by atoms with E-state index in [-0.39, 0.29) is 10.7 Å². The van der Waals surface area contributed by atoms with Crippen LogP contribution in [-0.4, -0.2) is 22.5 Å². The number of esters is 1. The Balaban J connectivity index is 1.46. The molecule has 1 aromatic rings. The second-order valence-corrected chi connectivity index (χ2v) is 9.90. The molecule has 3 rings (SSSR count). The van der Waals surface area contributed by atoms with Crippen LogP contribution in [0.2, 0.25) is 0 Å². The number of carbonyl (C=O) groups is 1.